The van der Waals surface area contributed by atoms with Crippen LogP contribution in [0.3, 0.4) is 0 Å². The Hall–Kier alpha value is -2.50. The summed E-state index contributed by atoms with van der Waals surface area (Å²) in [7, 11) is 3.27. The van der Waals surface area contributed by atoms with Crippen molar-refractivity contribution in [3.63, 3.8) is 0 Å². The number of anilines is 2. The lowest BCUT2D eigenvalue weighted by atomic mass is 10.1. The molecule has 18 heavy (non-hydrogen) atoms. The largest absolute Gasteiger partial charge is 0.496 e. The predicted molar refractivity (Wildman–Crippen MR) is 68.6 cm³/mol. The van der Waals surface area contributed by atoms with E-state index in [1.165, 1.54) is 7.11 Å². The fourth-order valence-corrected chi connectivity index (χ4v) is 1.64. The molecule has 0 saturated heterocycles. The van der Waals surface area contributed by atoms with Crippen LogP contribution in [0.4, 0.5) is 11.4 Å². The molecule has 6 heteroatoms. The lowest BCUT2D eigenvalue weighted by Crippen LogP contribution is -2.15. The van der Waals surface area contributed by atoms with Crippen molar-refractivity contribution in [3.8, 4) is 5.75 Å². The highest BCUT2D eigenvalue weighted by Gasteiger charge is 2.16. The average Bonchev–Trinajstić information content (AvgIpc) is 2.74. The molecule has 0 aliphatic rings. The number of aromatic nitrogens is 2. The number of aryl methyl sites for hydroxylation is 1. The molecule has 0 radical (unpaired) electrons. The van der Waals surface area contributed by atoms with Crippen LogP contribution in [-0.4, -0.2) is 22.8 Å². The first-order chi connectivity index (χ1) is 8.61. The van der Waals surface area contributed by atoms with Crippen molar-refractivity contribution < 1.29 is 9.53 Å². The zero-order chi connectivity index (χ0) is 13.1. The van der Waals surface area contributed by atoms with E-state index >= 15 is 0 Å². The lowest BCUT2D eigenvalue weighted by Gasteiger charge is -2.10. The number of benzene rings is 1. The lowest BCUT2D eigenvalue weighted by molar-refractivity contribution is 0.102. The highest BCUT2D eigenvalue weighted by atomic mass is 16.5. The molecule has 0 saturated carbocycles. The number of nitrogens with two attached hydrogens (primary N) is 1. The van der Waals surface area contributed by atoms with Gasteiger partial charge in [0.05, 0.1) is 19.0 Å². The molecule has 94 valence electrons. The quantitative estimate of drug-likeness (QED) is 0.799. The van der Waals surface area contributed by atoms with Gasteiger partial charge in [0.2, 0.25) is 0 Å². The zero-order valence-electron chi connectivity index (χ0n) is 10.2. The van der Waals surface area contributed by atoms with Crippen molar-refractivity contribution in [1.29, 1.82) is 0 Å². The Morgan fingerprint density at radius 2 is 2.28 bits per heavy atom. The van der Waals surface area contributed by atoms with Gasteiger partial charge in [0.15, 0.2) is 0 Å². The molecule has 0 unspecified atom stereocenters. The summed E-state index contributed by atoms with van der Waals surface area (Å²) >= 11 is 0. The second kappa shape index (κ2) is 4.79. The van der Waals surface area contributed by atoms with E-state index in [4.69, 9.17) is 10.5 Å². The van der Waals surface area contributed by atoms with Crippen molar-refractivity contribution in [2.24, 2.45) is 7.05 Å². The second-order valence-electron chi connectivity index (χ2n) is 3.78. The van der Waals surface area contributed by atoms with E-state index in [0.29, 0.717) is 22.7 Å². The Kier molecular flexibility index (Phi) is 3.18. The normalized spacial score (nSPS) is 10.1. The predicted octanol–water partition coefficient (Wildman–Crippen LogP) is 1.26. The minimum atomic E-state index is -0.321. The Bertz CT molecular complexity index is 577. The Morgan fingerprint density at radius 1 is 1.50 bits per heavy atom. The highest BCUT2D eigenvalue weighted by Crippen LogP contribution is 2.25. The summed E-state index contributed by atoms with van der Waals surface area (Å²) in [6.45, 7) is 0. The first-order valence-electron chi connectivity index (χ1n) is 5.34. The van der Waals surface area contributed by atoms with Crippen LogP contribution in [0.15, 0.2) is 30.6 Å². The van der Waals surface area contributed by atoms with Gasteiger partial charge in [-0.25, -0.2) is 0 Å². The fraction of sp³-hybridized carbons (Fsp3) is 0.167. The van der Waals surface area contributed by atoms with E-state index < -0.39 is 0 Å². The molecular formula is C12H14N4O2. The summed E-state index contributed by atoms with van der Waals surface area (Å²) in [5.74, 6) is 0.120. The molecule has 6 nitrogen and oxygen atoms in total. The van der Waals surface area contributed by atoms with Gasteiger partial charge < -0.3 is 15.8 Å². The molecule has 0 aliphatic heterocycles. The van der Waals surface area contributed by atoms with Crippen molar-refractivity contribution in [2.75, 3.05) is 18.2 Å². The van der Waals surface area contributed by atoms with Crippen LogP contribution in [0.1, 0.15) is 10.4 Å². The van der Waals surface area contributed by atoms with Gasteiger partial charge in [-0.1, -0.05) is 6.07 Å². The molecule has 0 aliphatic carbocycles. The molecule has 2 aromatic rings. The molecule has 1 aromatic heterocycles. The Labute approximate surface area is 104 Å². The van der Waals surface area contributed by atoms with Gasteiger partial charge >= 0.3 is 0 Å². The third-order valence-electron chi connectivity index (χ3n) is 2.47. The highest BCUT2D eigenvalue weighted by molar-refractivity contribution is 6.09. The molecule has 1 amide bonds. The number of carbonyl (C=O) groups is 1. The van der Waals surface area contributed by atoms with Crippen molar-refractivity contribution in [1.82, 2.24) is 9.78 Å². The van der Waals surface area contributed by atoms with Crippen LogP contribution >= 0.6 is 0 Å². The molecule has 0 spiro atoms. The van der Waals surface area contributed by atoms with Crippen LogP contribution in [0.25, 0.3) is 0 Å². The summed E-state index contributed by atoms with van der Waals surface area (Å²) in [6.07, 6.45) is 3.26. The molecule has 3 N–H and O–H groups in total. The number of methoxy groups -OCH3 is 1. The zero-order valence-corrected chi connectivity index (χ0v) is 10.2. The van der Waals surface area contributed by atoms with Gasteiger partial charge in [-0.3, -0.25) is 9.48 Å². The molecule has 0 fully saturated rings. The third-order valence-corrected chi connectivity index (χ3v) is 2.47. The Balaban J connectivity index is 2.28. The average molecular weight is 246 g/mol. The number of nitrogen functional groups attached to an aromatic ring is 1. The number of carbonyl (C=O) groups excluding carboxylic acids is 1. The van der Waals surface area contributed by atoms with Gasteiger partial charge in [-0.2, -0.15) is 5.10 Å². The molecule has 2 rings (SSSR count). The van der Waals surface area contributed by atoms with Crippen LogP contribution in [-0.2, 0) is 7.05 Å². The van der Waals surface area contributed by atoms with E-state index in [9.17, 15) is 4.79 Å². The standard InChI is InChI=1S/C12H14N4O2/c1-16-7-8(6-14-16)15-12(17)11-9(13)4-3-5-10(11)18-2/h3-7H,13H2,1-2H3,(H,15,17). The number of nitrogens with one attached hydrogen (secondary N) is 1. The smallest absolute Gasteiger partial charge is 0.261 e. The number of nitrogens with zero attached hydrogens (tertiary/aromatic N) is 2. The topological polar surface area (TPSA) is 82.2 Å². The van der Waals surface area contributed by atoms with Crippen LogP contribution in [0, 0.1) is 0 Å². The maximum Gasteiger partial charge on any atom is 0.261 e. The van der Waals surface area contributed by atoms with Crippen molar-refractivity contribution in [2.45, 2.75) is 0 Å². The summed E-state index contributed by atoms with van der Waals surface area (Å²) < 4.78 is 6.73. The number of amides is 1. The first kappa shape index (κ1) is 12.0. The molecule has 0 bridgehead atoms. The van der Waals surface area contributed by atoms with Crippen molar-refractivity contribution >= 4 is 17.3 Å². The van der Waals surface area contributed by atoms with Crippen LogP contribution in [0.2, 0.25) is 0 Å². The maximum atomic E-state index is 12.1. The van der Waals surface area contributed by atoms with Gasteiger partial charge in [-0.15, -0.1) is 0 Å². The fourth-order valence-electron chi connectivity index (χ4n) is 1.64. The first-order valence-corrected chi connectivity index (χ1v) is 5.34. The second-order valence-corrected chi connectivity index (χ2v) is 3.78. The molecular weight excluding hydrogens is 232 g/mol. The maximum absolute atomic E-state index is 12.1. The number of hydrogen-bond donors (Lipinski definition) is 2. The summed E-state index contributed by atoms with van der Waals surface area (Å²) in [5.41, 5.74) is 7.09. The van der Waals surface area contributed by atoms with Gasteiger partial charge in [0.1, 0.15) is 11.3 Å². The van der Waals surface area contributed by atoms with E-state index in [-0.39, 0.29) is 5.91 Å². The van der Waals surface area contributed by atoms with E-state index in [1.807, 2.05) is 0 Å². The van der Waals surface area contributed by atoms with Crippen LogP contribution in [0.5, 0.6) is 5.75 Å². The Morgan fingerprint density at radius 3 is 2.89 bits per heavy atom. The number of rotatable bonds is 3. The SMILES string of the molecule is COc1cccc(N)c1C(=O)Nc1cnn(C)c1. The summed E-state index contributed by atoms with van der Waals surface area (Å²) in [5, 5.41) is 6.68. The minimum absolute atomic E-state index is 0.321. The van der Waals surface area contributed by atoms with Gasteiger partial charge in [-0.05, 0) is 12.1 Å². The van der Waals surface area contributed by atoms with E-state index in [0.717, 1.165) is 0 Å². The molecule has 1 aromatic carbocycles. The molecule has 0 atom stereocenters. The minimum Gasteiger partial charge on any atom is -0.496 e. The van der Waals surface area contributed by atoms with Crippen LogP contribution < -0.4 is 15.8 Å². The van der Waals surface area contributed by atoms with Crippen molar-refractivity contribution in [3.05, 3.63) is 36.2 Å². The monoisotopic (exact) mass is 246 g/mol. The van der Waals surface area contributed by atoms with E-state index in [2.05, 4.69) is 10.4 Å². The van der Waals surface area contributed by atoms with E-state index in [1.54, 1.807) is 42.3 Å². The third kappa shape index (κ3) is 2.27. The number of ether oxygens (including phenoxy) is 1. The summed E-state index contributed by atoms with van der Waals surface area (Å²) in [4.78, 5) is 12.1. The summed E-state index contributed by atoms with van der Waals surface area (Å²) in [6, 6.07) is 5.07. The van der Waals surface area contributed by atoms with Gasteiger partial charge in [0.25, 0.3) is 5.91 Å². The molecule has 1 heterocycles. The van der Waals surface area contributed by atoms with Gasteiger partial charge in [0, 0.05) is 18.9 Å². The number of hydrogen-bond acceptors (Lipinski definition) is 4.